The molecule has 0 N–H and O–H groups in total. The van der Waals surface area contributed by atoms with Gasteiger partial charge < -0.3 is 4.57 Å². The molecule has 0 fully saturated rings. The number of fused-ring (bicyclic) bond motifs is 2. The second-order valence-corrected chi connectivity index (χ2v) is 5.90. The van der Waals surface area contributed by atoms with Gasteiger partial charge in [0.15, 0.2) is 5.78 Å². The molecule has 3 aromatic carbocycles. The second kappa shape index (κ2) is 7.79. The number of nitrogens with zero attached hydrogens (tertiary/aromatic N) is 1. The van der Waals surface area contributed by atoms with E-state index in [1.807, 2.05) is 12.1 Å². The van der Waals surface area contributed by atoms with Crippen LogP contribution in [0.4, 0.5) is 0 Å². The van der Waals surface area contributed by atoms with E-state index in [1.165, 1.54) is 18.2 Å². The highest BCUT2D eigenvalue weighted by Gasteiger charge is 2.18. The fourth-order valence-corrected chi connectivity index (χ4v) is 3.17. The van der Waals surface area contributed by atoms with E-state index in [1.54, 1.807) is 36.4 Å². The van der Waals surface area contributed by atoms with Gasteiger partial charge in [0.05, 0.1) is 0 Å². The lowest BCUT2D eigenvalue weighted by atomic mass is 9.97. The topological polar surface area (TPSA) is 22.0 Å². The van der Waals surface area contributed by atoms with Crippen LogP contribution in [0.3, 0.4) is 0 Å². The Morgan fingerprint density at radius 3 is 2.56 bits per heavy atom. The summed E-state index contributed by atoms with van der Waals surface area (Å²) in [5.41, 5.74) is 0.269. The Hall–Kier alpha value is -2.87. The summed E-state index contributed by atoms with van der Waals surface area (Å²) in [6, 6.07) is 18.2. The van der Waals surface area contributed by atoms with E-state index in [-0.39, 0.29) is 16.5 Å². The molecule has 0 saturated carbocycles. The summed E-state index contributed by atoms with van der Waals surface area (Å²) in [6.07, 6.45) is -14.8. The Bertz CT molecular complexity index is 1600. The molecular weight excluding hydrogens is 330 g/mol. The summed E-state index contributed by atoms with van der Waals surface area (Å²) in [7, 11) is 0. The van der Waals surface area contributed by atoms with E-state index in [0.29, 0.717) is 15.5 Å². The molecule has 0 saturated heterocycles. The fraction of sp³-hybridized carbons (Fsp3) is 0.240. The van der Waals surface area contributed by atoms with E-state index >= 15 is 0 Å². The summed E-state index contributed by atoms with van der Waals surface area (Å²) in [4.78, 5) is 13.8. The number of para-hydroxylation sites is 1. The summed E-state index contributed by atoms with van der Waals surface area (Å²) in [6.45, 7) is -7.13. The highest BCUT2D eigenvalue weighted by Crippen LogP contribution is 2.27. The number of benzene rings is 3. The lowest BCUT2D eigenvalue weighted by molar-refractivity contribution is 0.104. The number of rotatable bonds is 7. The van der Waals surface area contributed by atoms with Gasteiger partial charge in [-0.15, -0.1) is 0 Å². The highest BCUT2D eigenvalue weighted by atomic mass is 16.1. The van der Waals surface area contributed by atoms with Gasteiger partial charge in [-0.25, -0.2) is 0 Å². The third-order valence-corrected chi connectivity index (χ3v) is 4.35. The molecule has 0 aliphatic carbocycles. The van der Waals surface area contributed by atoms with Crippen molar-refractivity contribution in [1.82, 2.24) is 4.57 Å². The van der Waals surface area contributed by atoms with E-state index in [0.717, 1.165) is 11.6 Å². The third kappa shape index (κ3) is 3.40. The molecule has 4 aromatic rings. The van der Waals surface area contributed by atoms with Crippen LogP contribution in [-0.2, 0) is 6.50 Å². The quantitative estimate of drug-likeness (QED) is 0.337. The average molecular weight is 369 g/mol. The summed E-state index contributed by atoms with van der Waals surface area (Å²) >= 11 is 0. The second-order valence-electron chi connectivity index (χ2n) is 5.90. The Morgan fingerprint density at radius 2 is 1.67 bits per heavy atom. The first-order valence-electron chi connectivity index (χ1n) is 14.8. The zero-order chi connectivity index (χ0) is 30.1. The van der Waals surface area contributed by atoms with Gasteiger partial charge in [0.1, 0.15) is 0 Å². The molecule has 0 bridgehead atoms. The number of hydrogen-bond donors (Lipinski definition) is 0. The molecule has 0 radical (unpaired) electrons. The van der Waals surface area contributed by atoms with Crippen LogP contribution in [0.5, 0.6) is 0 Å². The average Bonchev–Trinajstić information content (AvgIpc) is 3.27. The minimum atomic E-state index is -4.02. The van der Waals surface area contributed by atoms with Crippen LogP contribution in [0.15, 0.2) is 72.9 Å². The predicted molar refractivity (Wildman–Crippen MR) is 113 cm³/mol. The molecular formula is C25H25NO. The van der Waals surface area contributed by atoms with Gasteiger partial charge in [0, 0.05) is 52.5 Å². The first-order chi connectivity index (χ1) is 18.2. The largest absolute Gasteiger partial charge is 0.347 e. The summed E-state index contributed by atoms with van der Waals surface area (Å²) < 4.78 is 106. The molecule has 1 heterocycles. The fourth-order valence-electron chi connectivity index (χ4n) is 3.17. The standard InChI is InChI=1S/C25H25NO/c1-2-3-4-9-17-26-18-23(21-14-7-8-16-24(21)26)25(27)22-15-10-12-19-11-5-6-13-20(19)22/h5-8,10-16,18H,2-4,9,17H2,1H3/i1D3,2D2,3D2,4D2,9D2,17D2. The first kappa shape index (κ1) is 8.02. The van der Waals surface area contributed by atoms with Gasteiger partial charge >= 0.3 is 0 Å². The molecule has 0 unspecified atom stereocenters. The number of carbonyl (C=O) groups excluding carboxylic acids is 1. The Labute approximate surface area is 178 Å². The highest BCUT2D eigenvalue weighted by molar-refractivity contribution is 6.21. The van der Waals surface area contributed by atoms with Crippen LogP contribution < -0.4 is 0 Å². The molecule has 0 aliphatic rings. The molecule has 0 spiro atoms. The van der Waals surface area contributed by atoms with Crippen molar-refractivity contribution in [2.45, 2.75) is 38.8 Å². The SMILES string of the molecule is [2H]C([2H])([2H])C([2H])([2H])C([2H])([2H])C([2H])([2H])C([2H])([2H])C([2H])([2H])n1cc(C(=O)c2cccc3ccccc23)c2ccccc21. The molecule has 136 valence electrons. The number of aryl methyl sites for hydroxylation is 1. The number of aromatic nitrogens is 1. The molecule has 2 nitrogen and oxygen atoms in total. The smallest absolute Gasteiger partial charge is 0.195 e. The lowest BCUT2D eigenvalue weighted by Crippen LogP contribution is -2.02. The van der Waals surface area contributed by atoms with Crippen molar-refractivity contribution < 1.29 is 22.6 Å². The normalized spacial score (nSPS) is 21.6. The molecule has 27 heavy (non-hydrogen) atoms. The third-order valence-electron chi connectivity index (χ3n) is 4.35. The van der Waals surface area contributed by atoms with Crippen molar-refractivity contribution in [3.8, 4) is 0 Å². The molecule has 1 aromatic heterocycles. The van der Waals surface area contributed by atoms with Crippen molar-refractivity contribution in [1.29, 1.82) is 0 Å². The van der Waals surface area contributed by atoms with Crippen LogP contribution in [0.1, 0.15) is 66.1 Å². The van der Waals surface area contributed by atoms with E-state index in [9.17, 15) is 4.79 Å². The van der Waals surface area contributed by atoms with Gasteiger partial charge in [0.25, 0.3) is 0 Å². The van der Waals surface area contributed by atoms with Gasteiger partial charge in [-0.3, -0.25) is 4.79 Å². The van der Waals surface area contributed by atoms with Gasteiger partial charge in [0.2, 0.25) is 0 Å². The Morgan fingerprint density at radius 1 is 0.889 bits per heavy atom. The van der Waals surface area contributed by atoms with Crippen LogP contribution >= 0.6 is 0 Å². The zero-order valence-electron chi connectivity index (χ0n) is 27.3. The number of carbonyl (C=O) groups is 1. The Kier molecular flexibility index (Phi) is 2.31. The lowest BCUT2D eigenvalue weighted by Gasteiger charge is -2.05. The minimum absolute atomic E-state index is 0.00449. The molecule has 0 atom stereocenters. The molecule has 0 amide bonds. The van der Waals surface area contributed by atoms with Gasteiger partial charge in [-0.1, -0.05) is 86.6 Å². The predicted octanol–water partition coefficient (Wildman–Crippen LogP) is 6.61. The van der Waals surface area contributed by atoms with Crippen molar-refractivity contribution in [3.63, 3.8) is 0 Å². The molecule has 2 heteroatoms. The van der Waals surface area contributed by atoms with Gasteiger partial charge in [-0.2, -0.15) is 0 Å². The van der Waals surface area contributed by atoms with Gasteiger partial charge in [-0.05, 0) is 23.2 Å². The minimum Gasteiger partial charge on any atom is -0.347 e. The van der Waals surface area contributed by atoms with Crippen LogP contribution in [0, 0.1) is 0 Å². The monoisotopic (exact) mass is 368 g/mol. The maximum Gasteiger partial charge on any atom is 0.195 e. The number of hydrogen-bond acceptors (Lipinski definition) is 1. The first-order valence-corrected chi connectivity index (χ1v) is 8.35. The van der Waals surface area contributed by atoms with E-state index in [2.05, 4.69) is 0 Å². The zero-order valence-corrected chi connectivity index (χ0v) is 14.3. The summed E-state index contributed by atoms with van der Waals surface area (Å²) in [5.74, 6) is -0.514. The molecule has 0 aliphatic heterocycles. The number of ketones is 1. The van der Waals surface area contributed by atoms with Crippen LogP contribution in [0.25, 0.3) is 21.7 Å². The van der Waals surface area contributed by atoms with Crippen molar-refractivity contribution in [3.05, 3.63) is 84.1 Å². The van der Waals surface area contributed by atoms with Crippen LogP contribution in [-0.4, -0.2) is 10.4 Å². The molecule has 4 rings (SSSR count). The van der Waals surface area contributed by atoms with Crippen molar-refractivity contribution >= 4 is 27.5 Å². The maximum atomic E-state index is 13.8. The summed E-state index contributed by atoms with van der Waals surface area (Å²) in [5, 5.41) is 1.63. The van der Waals surface area contributed by atoms with Crippen molar-refractivity contribution in [2.75, 3.05) is 0 Å². The van der Waals surface area contributed by atoms with E-state index in [4.69, 9.17) is 17.8 Å². The van der Waals surface area contributed by atoms with Crippen molar-refractivity contribution in [2.24, 2.45) is 0 Å². The van der Waals surface area contributed by atoms with E-state index < -0.39 is 44.6 Å². The maximum absolute atomic E-state index is 13.8. The van der Waals surface area contributed by atoms with Crippen LogP contribution in [0.2, 0.25) is 0 Å². The Balaban J connectivity index is 1.91.